The first-order chi connectivity index (χ1) is 7.11. The molecule has 0 saturated heterocycles. The van der Waals surface area contributed by atoms with E-state index in [1.165, 1.54) is 10.4 Å². The molecule has 0 saturated carbocycles. The van der Waals surface area contributed by atoms with E-state index in [2.05, 4.69) is 23.3 Å². The molecule has 0 fully saturated rings. The van der Waals surface area contributed by atoms with Gasteiger partial charge in [0.2, 0.25) is 0 Å². The number of carbonyl (C=O) groups is 1. The summed E-state index contributed by atoms with van der Waals surface area (Å²) in [4.78, 5) is 15.2. The van der Waals surface area contributed by atoms with E-state index in [4.69, 9.17) is 0 Å². The largest absolute Gasteiger partial charge is 0.298 e. The van der Waals surface area contributed by atoms with Crippen LogP contribution >= 0.6 is 11.3 Å². The molecule has 2 unspecified atom stereocenters. The number of hydrogen-bond acceptors (Lipinski definition) is 3. The number of ketones is 1. The van der Waals surface area contributed by atoms with Crippen LogP contribution in [0.15, 0.2) is 11.4 Å². The Bertz CT molecular complexity index is 371. The summed E-state index contributed by atoms with van der Waals surface area (Å²) >= 11 is 1.84. The SMILES string of the molecule is CC(=O)C(C)N1CCc2sccc2C1C. The van der Waals surface area contributed by atoms with Crippen molar-refractivity contribution in [2.45, 2.75) is 39.3 Å². The van der Waals surface area contributed by atoms with Gasteiger partial charge in [0.25, 0.3) is 0 Å². The van der Waals surface area contributed by atoms with Gasteiger partial charge in [-0.3, -0.25) is 9.69 Å². The first-order valence-corrected chi connectivity index (χ1v) is 6.31. The molecule has 0 radical (unpaired) electrons. The molecule has 1 aliphatic rings. The van der Waals surface area contributed by atoms with E-state index in [0.29, 0.717) is 6.04 Å². The van der Waals surface area contributed by atoms with E-state index in [0.717, 1.165) is 13.0 Å². The predicted molar refractivity (Wildman–Crippen MR) is 63.3 cm³/mol. The van der Waals surface area contributed by atoms with Gasteiger partial charge in [-0.05, 0) is 44.2 Å². The molecule has 0 amide bonds. The van der Waals surface area contributed by atoms with Crippen molar-refractivity contribution in [2.75, 3.05) is 6.54 Å². The minimum atomic E-state index is 0.0491. The lowest BCUT2D eigenvalue weighted by atomic mass is 9.99. The van der Waals surface area contributed by atoms with Crippen molar-refractivity contribution in [3.8, 4) is 0 Å². The molecular formula is C12H17NOS. The van der Waals surface area contributed by atoms with E-state index in [9.17, 15) is 4.79 Å². The Morgan fingerprint density at radius 3 is 3.07 bits per heavy atom. The number of rotatable bonds is 2. The third kappa shape index (κ3) is 1.86. The van der Waals surface area contributed by atoms with E-state index in [1.807, 2.05) is 18.3 Å². The Hall–Kier alpha value is -0.670. The van der Waals surface area contributed by atoms with Crippen LogP contribution in [-0.4, -0.2) is 23.3 Å². The molecule has 2 atom stereocenters. The van der Waals surface area contributed by atoms with Crippen LogP contribution in [-0.2, 0) is 11.2 Å². The Labute approximate surface area is 94.9 Å². The first kappa shape index (κ1) is 10.8. The van der Waals surface area contributed by atoms with Crippen LogP contribution in [0.3, 0.4) is 0 Å². The molecule has 2 heterocycles. The molecule has 0 N–H and O–H groups in total. The average Bonchev–Trinajstić information content (AvgIpc) is 2.66. The first-order valence-electron chi connectivity index (χ1n) is 5.43. The number of nitrogens with zero attached hydrogens (tertiary/aromatic N) is 1. The zero-order chi connectivity index (χ0) is 11.0. The second-order valence-electron chi connectivity index (χ2n) is 4.25. The van der Waals surface area contributed by atoms with Crippen molar-refractivity contribution >= 4 is 17.1 Å². The topological polar surface area (TPSA) is 20.3 Å². The standard InChI is InChI=1S/C12H17NOS/c1-8(10(3)14)13-6-4-12-11(9(13)2)5-7-15-12/h5,7-9H,4,6H2,1-3H3. The molecule has 0 aliphatic carbocycles. The summed E-state index contributed by atoms with van der Waals surface area (Å²) < 4.78 is 0. The van der Waals surface area contributed by atoms with Gasteiger partial charge in [0, 0.05) is 17.5 Å². The van der Waals surface area contributed by atoms with Gasteiger partial charge in [0.05, 0.1) is 6.04 Å². The Kier molecular flexibility index (Phi) is 2.94. The van der Waals surface area contributed by atoms with Gasteiger partial charge in [-0.15, -0.1) is 11.3 Å². The van der Waals surface area contributed by atoms with Crippen LogP contribution in [0.1, 0.15) is 37.3 Å². The van der Waals surface area contributed by atoms with Crippen molar-refractivity contribution in [1.82, 2.24) is 4.90 Å². The molecule has 2 nitrogen and oxygen atoms in total. The fraction of sp³-hybridized carbons (Fsp3) is 0.583. The fourth-order valence-electron chi connectivity index (χ4n) is 2.29. The zero-order valence-corrected chi connectivity index (χ0v) is 10.3. The maximum absolute atomic E-state index is 11.4. The third-order valence-corrected chi connectivity index (χ3v) is 4.41. The summed E-state index contributed by atoms with van der Waals surface area (Å²) in [6, 6.07) is 2.64. The van der Waals surface area contributed by atoms with Crippen LogP contribution in [0.25, 0.3) is 0 Å². The smallest absolute Gasteiger partial charge is 0.146 e. The summed E-state index contributed by atoms with van der Waals surface area (Å²) in [5.74, 6) is 0.264. The van der Waals surface area contributed by atoms with Gasteiger partial charge in [-0.1, -0.05) is 0 Å². The highest BCUT2D eigenvalue weighted by Crippen LogP contribution is 2.33. The highest BCUT2D eigenvalue weighted by molar-refractivity contribution is 7.10. The van der Waals surface area contributed by atoms with E-state index in [-0.39, 0.29) is 11.8 Å². The molecule has 0 spiro atoms. The lowest BCUT2D eigenvalue weighted by molar-refractivity contribution is -0.122. The van der Waals surface area contributed by atoms with Crippen molar-refractivity contribution in [1.29, 1.82) is 0 Å². The average molecular weight is 223 g/mol. The maximum atomic E-state index is 11.4. The molecular weight excluding hydrogens is 206 g/mol. The van der Waals surface area contributed by atoms with Gasteiger partial charge in [0.1, 0.15) is 5.78 Å². The lowest BCUT2D eigenvalue weighted by Crippen LogP contribution is -2.43. The zero-order valence-electron chi connectivity index (χ0n) is 9.49. The van der Waals surface area contributed by atoms with Crippen molar-refractivity contribution in [3.05, 3.63) is 21.9 Å². The van der Waals surface area contributed by atoms with Crippen molar-refractivity contribution in [2.24, 2.45) is 0 Å². The number of Topliss-reactive ketones (excluding diaryl/α,β-unsaturated/α-hetero) is 1. The summed E-state index contributed by atoms with van der Waals surface area (Å²) in [5, 5.41) is 2.16. The predicted octanol–water partition coefficient (Wildman–Crippen LogP) is 2.64. The van der Waals surface area contributed by atoms with E-state index in [1.54, 1.807) is 6.92 Å². The minimum Gasteiger partial charge on any atom is -0.298 e. The Balaban J connectivity index is 2.23. The molecule has 2 rings (SSSR count). The fourth-order valence-corrected chi connectivity index (χ4v) is 3.25. The van der Waals surface area contributed by atoms with Gasteiger partial charge in [-0.2, -0.15) is 0 Å². The third-order valence-electron chi connectivity index (χ3n) is 3.41. The highest BCUT2D eigenvalue weighted by Gasteiger charge is 2.29. The van der Waals surface area contributed by atoms with Crippen LogP contribution in [0, 0.1) is 0 Å². The molecule has 0 aromatic carbocycles. The molecule has 1 aromatic rings. The summed E-state index contributed by atoms with van der Waals surface area (Å²) in [6.45, 7) is 6.90. The highest BCUT2D eigenvalue weighted by atomic mass is 32.1. The number of fused-ring (bicyclic) bond motifs is 1. The van der Waals surface area contributed by atoms with Gasteiger partial charge in [0.15, 0.2) is 0 Å². The second-order valence-corrected chi connectivity index (χ2v) is 5.25. The summed E-state index contributed by atoms with van der Waals surface area (Å²) in [7, 11) is 0. The summed E-state index contributed by atoms with van der Waals surface area (Å²) in [6.07, 6.45) is 1.09. The van der Waals surface area contributed by atoms with E-state index >= 15 is 0 Å². The van der Waals surface area contributed by atoms with Crippen LogP contribution in [0.5, 0.6) is 0 Å². The number of carbonyl (C=O) groups excluding carboxylic acids is 1. The molecule has 3 heteroatoms. The van der Waals surface area contributed by atoms with Gasteiger partial charge < -0.3 is 0 Å². The Morgan fingerprint density at radius 1 is 1.67 bits per heavy atom. The molecule has 82 valence electrons. The van der Waals surface area contributed by atoms with Crippen LogP contribution in [0.4, 0.5) is 0 Å². The minimum absolute atomic E-state index is 0.0491. The van der Waals surface area contributed by atoms with Crippen LogP contribution in [0.2, 0.25) is 0 Å². The van der Waals surface area contributed by atoms with Crippen molar-refractivity contribution < 1.29 is 4.79 Å². The maximum Gasteiger partial charge on any atom is 0.146 e. The molecule has 1 aliphatic heterocycles. The monoisotopic (exact) mass is 223 g/mol. The van der Waals surface area contributed by atoms with E-state index < -0.39 is 0 Å². The van der Waals surface area contributed by atoms with Crippen molar-refractivity contribution in [3.63, 3.8) is 0 Å². The van der Waals surface area contributed by atoms with Crippen LogP contribution < -0.4 is 0 Å². The molecule has 15 heavy (non-hydrogen) atoms. The van der Waals surface area contributed by atoms with Gasteiger partial charge in [-0.25, -0.2) is 0 Å². The normalized spacial score (nSPS) is 23.5. The number of thiophene rings is 1. The van der Waals surface area contributed by atoms with Gasteiger partial charge >= 0.3 is 0 Å². The lowest BCUT2D eigenvalue weighted by Gasteiger charge is -2.36. The molecule has 0 bridgehead atoms. The second kappa shape index (κ2) is 4.06. The Morgan fingerprint density at radius 2 is 2.40 bits per heavy atom. The summed E-state index contributed by atoms with van der Waals surface area (Å²) in [5.41, 5.74) is 1.42. The quantitative estimate of drug-likeness (QED) is 0.768. The molecule has 1 aromatic heterocycles. The number of hydrogen-bond donors (Lipinski definition) is 0.